The van der Waals surface area contributed by atoms with Crippen molar-refractivity contribution >= 4 is 22.8 Å². The Labute approximate surface area is 207 Å². The molecular formula is C26H29F2N5O3. The number of H-pyrrole nitrogens is 1. The molecule has 2 unspecified atom stereocenters. The Kier molecular flexibility index (Phi) is 6.36. The molecule has 0 bridgehead atoms. The number of aromatic amines is 1. The molecule has 1 saturated heterocycles. The largest absolute Gasteiger partial charge is 0.493 e. The average molecular weight is 498 g/mol. The minimum Gasteiger partial charge on any atom is -0.493 e. The quantitative estimate of drug-likeness (QED) is 0.504. The van der Waals surface area contributed by atoms with Crippen LogP contribution in [0.3, 0.4) is 0 Å². The fourth-order valence-corrected chi connectivity index (χ4v) is 4.92. The van der Waals surface area contributed by atoms with Crippen molar-refractivity contribution in [3.8, 4) is 17.0 Å². The van der Waals surface area contributed by atoms with Crippen molar-refractivity contribution in [2.75, 3.05) is 13.2 Å². The minimum atomic E-state index is -2.64. The summed E-state index contributed by atoms with van der Waals surface area (Å²) in [6.07, 6.45) is 1.54. The lowest BCUT2D eigenvalue weighted by Crippen LogP contribution is -2.38. The molecule has 2 N–H and O–H groups in total. The van der Waals surface area contributed by atoms with Crippen LogP contribution >= 0.6 is 0 Å². The first-order chi connectivity index (χ1) is 17.2. The molecule has 1 saturated carbocycles. The molecular weight excluding hydrogens is 468 g/mol. The first-order valence-electron chi connectivity index (χ1n) is 12.2. The lowest BCUT2D eigenvalue weighted by Gasteiger charge is -2.18. The van der Waals surface area contributed by atoms with Gasteiger partial charge in [-0.1, -0.05) is 0 Å². The highest BCUT2D eigenvalue weighted by Crippen LogP contribution is 2.38. The Balaban J connectivity index is 1.50. The number of ether oxygens (including phenoxy) is 1. The number of alkyl halides is 2. The molecule has 1 aliphatic carbocycles. The van der Waals surface area contributed by atoms with Gasteiger partial charge in [0.25, 0.3) is 12.3 Å². The summed E-state index contributed by atoms with van der Waals surface area (Å²) in [6, 6.07) is 4.18. The van der Waals surface area contributed by atoms with Crippen LogP contribution in [-0.2, 0) is 4.79 Å². The van der Waals surface area contributed by atoms with Crippen LogP contribution < -0.4 is 10.1 Å². The van der Waals surface area contributed by atoms with Gasteiger partial charge in [-0.3, -0.25) is 9.59 Å². The summed E-state index contributed by atoms with van der Waals surface area (Å²) in [5, 5.41) is 3.03. The van der Waals surface area contributed by atoms with Gasteiger partial charge < -0.3 is 19.9 Å². The number of aromatic nitrogens is 3. The number of carbonyl (C=O) groups excluding carboxylic acids is 2. The van der Waals surface area contributed by atoms with E-state index in [1.54, 1.807) is 17.9 Å². The van der Waals surface area contributed by atoms with Gasteiger partial charge >= 0.3 is 0 Å². The molecule has 2 aromatic heterocycles. The molecule has 2 aliphatic rings. The predicted octanol–water partition coefficient (Wildman–Crippen LogP) is 4.40. The van der Waals surface area contributed by atoms with Gasteiger partial charge in [0.15, 0.2) is 0 Å². The van der Waals surface area contributed by atoms with Gasteiger partial charge in [-0.05, 0) is 57.2 Å². The number of rotatable bonds is 7. The SMILES string of the molecule is CC(=O)N1CC(NC(=O)c2c(C)[nH]c3c(-c4cc(C(F)F)ccc4OCC4CC4)ncnc23)CC1C. The zero-order valence-electron chi connectivity index (χ0n) is 20.5. The third-order valence-electron chi connectivity index (χ3n) is 7.00. The summed E-state index contributed by atoms with van der Waals surface area (Å²) >= 11 is 0. The number of nitrogens with zero attached hydrogens (tertiary/aromatic N) is 3. The highest BCUT2D eigenvalue weighted by Gasteiger charge is 2.33. The third-order valence-corrected chi connectivity index (χ3v) is 7.00. The second-order valence-corrected chi connectivity index (χ2v) is 9.81. The van der Waals surface area contributed by atoms with E-state index in [-0.39, 0.29) is 29.5 Å². The Morgan fingerprint density at radius 3 is 2.72 bits per heavy atom. The number of fused-ring (bicyclic) bond motifs is 1. The molecule has 10 heteroatoms. The Morgan fingerprint density at radius 1 is 1.28 bits per heavy atom. The van der Waals surface area contributed by atoms with Crippen molar-refractivity contribution in [3.63, 3.8) is 0 Å². The molecule has 3 aromatic rings. The Bertz CT molecular complexity index is 1320. The van der Waals surface area contributed by atoms with Crippen LogP contribution in [0.4, 0.5) is 8.78 Å². The van der Waals surface area contributed by atoms with Crippen molar-refractivity contribution in [1.29, 1.82) is 0 Å². The Hall–Kier alpha value is -3.56. The molecule has 2 amide bonds. The standard InChI is InChI=1S/C26H29F2N5O3/c1-13-8-18(10-33(13)15(3)34)32-26(35)21-14(2)31-24-22(29-12-30-23(21)24)19-9-17(25(27)28)6-7-20(19)36-11-16-4-5-16/h6-7,9,12-13,16,18,25,31H,4-5,8,10-11H2,1-3H3,(H,32,35). The third kappa shape index (κ3) is 4.64. The van der Waals surface area contributed by atoms with Gasteiger partial charge in [0.05, 0.1) is 17.7 Å². The van der Waals surface area contributed by atoms with Gasteiger partial charge in [0, 0.05) is 42.4 Å². The molecule has 2 atom stereocenters. The smallest absolute Gasteiger partial charge is 0.263 e. The summed E-state index contributed by atoms with van der Waals surface area (Å²) in [7, 11) is 0. The maximum Gasteiger partial charge on any atom is 0.263 e. The van der Waals surface area contributed by atoms with E-state index in [1.807, 2.05) is 6.92 Å². The van der Waals surface area contributed by atoms with Crippen molar-refractivity contribution in [2.24, 2.45) is 5.92 Å². The number of hydrogen-bond acceptors (Lipinski definition) is 5. The maximum atomic E-state index is 13.5. The lowest BCUT2D eigenvalue weighted by atomic mass is 10.0. The normalized spacial score (nSPS) is 19.8. The van der Waals surface area contributed by atoms with E-state index in [4.69, 9.17) is 4.74 Å². The molecule has 2 fully saturated rings. The van der Waals surface area contributed by atoms with Crippen LogP contribution in [0.15, 0.2) is 24.5 Å². The van der Waals surface area contributed by atoms with Crippen molar-refractivity contribution < 1.29 is 23.1 Å². The number of amides is 2. The number of nitrogens with one attached hydrogen (secondary N) is 2. The fourth-order valence-electron chi connectivity index (χ4n) is 4.92. The second kappa shape index (κ2) is 9.48. The summed E-state index contributed by atoms with van der Waals surface area (Å²) in [5.74, 6) is 0.621. The van der Waals surface area contributed by atoms with Crippen LogP contribution in [0, 0.1) is 12.8 Å². The zero-order chi connectivity index (χ0) is 25.6. The van der Waals surface area contributed by atoms with Gasteiger partial charge in [-0.2, -0.15) is 0 Å². The van der Waals surface area contributed by atoms with E-state index in [0.29, 0.717) is 64.8 Å². The summed E-state index contributed by atoms with van der Waals surface area (Å²) in [4.78, 5) is 38.8. The van der Waals surface area contributed by atoms with Crippen molar-refractivity contribution in [2.45, 2.75) is 58.5 Å². The van der Waals surface area contributed by atoms with Crippen LogP contribution in [0.1, 0.15) is 61.2 Å². The molecule has 0 radical (unpaired) electrons. The zero-order valence-corrected chi connectivity index (χ0v) is 20.5. The molecule has 190 valence electrons. The first-order valence-corrected chi connectivity index (χ1v) is 12.2. The van der Waals surface area contributed by atoms with E-state index in [9.17, 15) is 18.4 Å². The summed E-state index contributed by atoms with van der Waals surface area (Å²) in [6.45, 7) is 6.21. The molecule has 0 spiro atoms. The van der Waals surface area contributed by atoms with E-state index in [0.717, 1.165) is 12.8 Å². The van der Waals surface area contributed by atoms with Crippen LogP contribution in [0.25, 0.3) is 22.3 Å². The number of hydrogen-bond donors (Lipinski definition) is 2. The number of halogens is 2. The predicted molar refractivity (Wildman–Crippen MR) is 130 cm³/mol. The molecule has 5 rings (SSSR count). The lowest BCUT2D eigenvalue weighted by molar-refractivity contribution is -0.129. The monoisotopic (exact) mass is 497 g/mol. The van der Waals surface area contributed by atoms with E-state index in [2.05, 4.69) is 20.3 Å². The number of benzene rings is 1. The first kappa shape index (κ1) is 24.1. The summed E-state index contributed by atoms with van der Waals surface area (Å²) < 4.78 is 33.1. The maximum absolute atomic E-state index is 13.5. The molecule has 36 heavy (non-hydrogen) atoms. The Morgan fingerprint density at radius 2 is 2.06 bits per heavy atom. The van der Waals surface area contributed by atoms with Crippen molar-refractivity contribution in [1.82, 2.24) is 25.2 Å². The second-order valence-electron chi connectivity index (χ2n) is 9.81. The molecule has 3 heterocycles. The van der Waals surface area contributed by atoms with Crippen molar-refractivity contribution in [3.05, 3.63) is 41.3 Å². The number of likely N-dealkylation sites (tertiary alicyclic amines) is 1. The number of carbonyl (C=O) groups is 2. The summed E-state index contributed by atoms with van der Waals surface area (Å²) in [5.41, 5.74) is 2.52. The van der Waals surface area contributed by atoms with Gasteiger partial charge in [0.2, 0.25) is 5.91 Å². The van der Waals surface area contributed by atoms with E-state index < -0.39 is 6.43 Å². The van der Waals surface area contributed by atoms with Gasteiger partial charge in [0.1, 0.15) is 23.3 Å². The molecule has 8 nitrogen and oxygen atoms in total. The van der Waals surface area contributed by atoms with Crippen LogP contribution in [0.5, 0.6) is 5.75 Å². The molecule has 1 aromatic carbocycles. The highest BCUT2D eigenvalue weighted by molar-refractivity contribution is 6.09. The van der Waals surface area contributed by atoms with Gasteiger partial charge in [-0.25, -0.2) is 18.7 Å². The van der Waals surface area contributed by atoms with Crippen LogP contribution in [-0.4, -0.2) is 56.9 Å². The van der Waals surface area contributed by atoms with Crippen LogP contribution in [0.2, 0.25) is 0 Å². The fraction of sp³-hybridized carbons (Fsp3) is 0.462. The topological polar surface area (TPSA) is 100 Å². The van der Waals surface area contributed by atoms with E-state index in [1.165, 1.54) is 25.4 Å². The average Bonchev–Trinajstić information content (AvgIpc) is 3.49. The van der Waals surface area contributed by atoms with Gasteiger partial charge in [-0.15, -0.1) is 0 Å². The molecule has 1 aliphatic heterocycles. The van der Waals surface area contributed by atoms with E-state index >= 15 is 0 Å². The number of aryl methyl sites for hydroxylation is 1. The minimum absolute atomic E-state index is 0.0226. The highest BCUT2D eigenvalue weighted by atomic mass is 19.3.